The molecule has 0 aromatic heterocycles. The molecule has 0 spiro atoms. The lowest BCUT2D eigenvalue weighted by atomic mass is 9.97. The monoisotopic (exact) mass is 332 g/mol. The number of hydrogen-bond donors (Lipinski definition) is 1. The van der Waals surface area contributed by atoms with E-state index in [4.69, 9.17) is 4.74 Å². The van der Waals surface area contributed by atoms with Crippen LogP contribution in [0.2, 0.25) is 0 Å². The third-order valence-corrected chi connectivity index (χ3v) is 4.31. The van der Waals surface area contributed by atoms with Gasteiger partial charge in [-0.15, -0.1) is 0 Å². The number of hydrogen-bond acceptors (Lipinski definition) is 4. The fourth-order valence-corrected chi connectivity index (χ4v) is 2.66. The normalized spacial score (nSPS) is 16.3. The average molecular weight is 332 g/mol. The zero-order valence-corrected chi connectivity index (χ0v) is 14.2. The number of carbonyl (C=O) groups excluding carboxylic acids is 3. The molecule has 130 valence electrons. The first-order chi connectivity index (χ1) is 11.5. The number of rotatable bonds is 6. The van der Waals surface area contributed by atoms with Gasteiger partial charge in [0.2, 0.25) is 5.91 Å². The van der Waals surface area contributed by atoms with Crippen molar-refractivity contribution in [1.82, 2.24) is 10.2 Å². The molecule has 1 aliphatic rings. The molecule has 2 rings (SSSR count). The topological polar surface area (TPSA) is 75.7 Å². The van der Waals surface area contributed by atoms with Crippen molar-refractivity contribution in [2.45, 2.75) is 39.3 Å². The number of nitrogens with one attached hydrogen (secondary N) is 1. The Morgan fingerprint density at radius 3 is 2.38 bits per heavy atom. The van der Waals surface area contributed by atoms with Crippen molar-refractivity contribution >= 4 is 17.8 Å². The van der Waals surface area contributed by atoms with Crippen LogP contribution in [0.15, 0.2) is 30.3 Å². The van der Waals surface area contributed by atoms with Gasteiger partial charge >= 0.3 is 6.09 Å². The molecule has 1 aromatic rings. The van der Waals surface area contributed by atoms with E-state index in [1.165, 1.54) is 6.92 Å². The van der Waals surface area contributed by atoms with Crippen LogP contribution in [0.25, 0.3) is 0 Å². The number of nitrogens with zero attached hydrogens (tertiary/aromatic N) is 1. The molecule has 2 atom stereocenters. The summed E-state index contributed by atoms with van der Waals surface area (Å²) in [6.45, 7) is 4.53. The number of amides is 2. The zero-order valence-electron chi connectivity index (χ0n) is 14.2. The van der Waals surface area contributed by atoms with Crippen LogP contribution in [0.3, 0.4) is 0 Å². The second-order valence-corrected chi connectivity index (χ2v) is 6.12. The number of ether oxygens (including phenoxy) is 1. The number of benzene rings is 1. The first kappa shape index (κ1) is 18.0. The van der Waals surface area contributed by atoms with Gasteiger partial charge in [-0.2, -0.15) is 0 Å². The molecule has 1 aromatic carbocycles. The fraction of sp³-hybridized carbons (Fsp3) is 0.500. The summed E-state index contributed by atoms with van der Waals surface area (Å²) in [5, 5.41) is 2.57. The first-order valence-electron chi connectivity index (χ1n) is 8.25. The molecule has 1 heterocycles. The van der Waals surface area contributed by atoms with E-state index < -0.39 is 18.1 Å². The molecule has 2 amide bonds. The van der Waals surface area contributed by atoms with E-state index in [1.807, 2.05) is 30.3 Å². The Kier molecular flexibility index (Phi) is 6.35. The first-order valence-corrected chi connectivity index (χ1v) is 8.25. The lowest BCUT2D eigenvalue weighted by Gasteiger charge is -2.27. The van der Waals surface area contributed by atoms with Crippen LogP contribution in [-0.2, 0) is 20.9 Å². The molecule has 0 radical (unpaired) electrons. The van der Waals surface area contributed by atoms with E-state index >= 15 is 0 Å². The standard InChI is InChI=1S/C18H24N2O4/c1-13(14(2)21)16(17(22)20-10-6-7-11-20)19-18(23)24-12-15-8-4-3-5-9-15/h3-5,8-9,13,16H,6-7,10-12H2,1-2H3,(H,19,23)/t13-,16-/m0/s1. The Morgan fingerprint density at radius 2 is 1.79 bits per heavy atom. The third-order valence-electron chi connectivity index (χ3n) is 4.31. The third kappa shape index (κ3) is 4.81. The Labute approximate surface area is 142 Å². The summed E-state index contributed by atoms with van der Waals surface area (Å²) < 4.78 is 5.17. The smallest absolute Gasteiger partial charge is 0.408 e. The van der Waals surface area contributed by atoms with E-state index in [0.717, 1.165) is 18.4 Å². The minimum Gasteiger partial charge on any atom is -0.445 e. The van der Waals surface area contributed by atoms with Crippen molar-refractivity contribution < 1.29 is 19.1 Å². The van der Waals surface area contributed by atoms with Gasteiger partial charge in [-0.1, -0.05) is 37.3 Å². The number of Topliss-reactive ketones (excluding diaryl/α,β-unsaturated/α-hetero) is 1. The number of likely N-dealkylation sites (tertiary alicyclic amines) is 1. The van der Waals surface area contributed by atoms with Crippen molar-refractivity contribution in [2.24, 2.45) is 5.92 Å². The Morgan fingerprint density at radius 1 is 1.17 bits per heavy atom. The van der Waals surface area contributed by atoms with Crippen LogP contribution in [0.1, 0.15) is 32.3 Å². The zero-order chi connectivity index (χ0) is 17.5. The molecular formula is C18H24N2O4. The fourth-order valence-electron chi connectivity index (χ4n) is 2.66. The van der Waals surface area contributed by atoms with Crippen molar-refractivity contribution in [3.05, 3.63) is 35.9 Å². The van der Waals surface area contributed by atoms with Crippen LogP contribution in [0.4, 0.5) is 4.79 Å². The molecule has 6 nitrogen and oxygen atoms in total. The number of ketones is 1. The summed E-state index contributed by atoms with van der Waals surface area (Å²) in [5.41, 5.74) is 0.856. The molecule has 0 bridgehead atoms. The quantitative estimate of drug-likeness (QED) is 0.866. The maximum absolute atomic E-state index is 12.6. The van der Waals surface area contributed by atoms with Crippen molar-refractivity contribution in [3.63, 3.8) is 0 Å². The molecule has 0 aliphatic carbocycles. The molecule has 24 heavy (non-hydrogen) atoms. The maximum Gasteiger partial charge on any atom is 0.408 e. The molecule has 0 saturated carbocycles. The van der Waals surface area contributed by atoms with Crippen LogP contribution < -0.4 is 5.32 Å². The average Bonchev–Trinajstić information content (AvgIpc) is 3.12. The van der Waals surface area contributed by atoms with Gasteiger partial charge in [0, 0.05) is 19.0 Å². The summed E-state index contributed by atoms with van der Waals surface area (Å²) in [5.74, 6) is -0.954. The molecule has 0 unspecified atom stereocenters. The molecule has 1 fully saturated rings. The van der Waals surface area contributed by atoms with E-state index in [9.17, 15) is 14.4 Å². The highest BCUT2D eigenvalue weighted by atomic mass is 16.5. The predicted molar refractivity (Wildman–Crippen MR) is 89.2 cm³/mol. The Hall–Kier alpha value is -2.37. The largest absolute Gasteiger partial charge is 0.445 e. The molecule has 1 N–H and O–H groups in total. The van der Waals surface area contributed by atoms with Gasteiger partial charge in [-0.25, -0.2) is 4.79 Å². The molecule has 6 heteroatoms. The molecule has 1 saturated heterocycles. The Balaban J connectivity index is 1.97. The molecular weight excluding hydrogens is 308 g/mol. The van der Waals surface area contributed by atoms with Crippen LogP contribution in [0.5, 0.6) is 0 Å². The highest BCUT2D eigenvalue weighted by Gasteiger charge is 2.34. The lowest BCUT2D eigenvalue weighted by molar-refractivity contribution is -0.136. The van der Waals surface area contributed by atoms with Crippen LogP contribution >= 0.6 is 0 Å². The van der Waals surface area contributed by atoms with E-state index in [1.54, 1.807) is 11.8 Å². The summed E-state index contributed by atoms with van der Waals surface area (Å²) in [6.07, 6.45) is 1.21. The lowest BCUT2D eigenvalue weighted by Crippen LogP contribution is -2.52. The van der Waals surface area contributed by atoms with Crippen molar-refractivity contribution in [1.29, 1.82) is 0 Å². The summed E-state index contributed by atoms with van der Waals surface area (Å²) in [4.78, 5) is 38.1. The SMILES string of the molecule is CC(=O)[C@H](C)[C@H](NC(=O)OCc1ccccc1)C(=O)N1CCCC1. The summed E-state index contributed by atoms with van der Waals surface area (Å²) >= 11 is 0. The highest BCUT2D eigenvalue weighted by Crippen LogP contribution is 2.14. The minimum atomic E-state index is -0.885. The van der Waals surface area contributed by atoms with Crippen LogP contribution in [0, 0.1) is 5.92 Å². The number of alkyl carbamates (subject to hydrolysis) is 1. The van der Waals surface area contributed by atoms with E-state index in [-0.39, 0.29) is 18.3 Å². The van der Waals surface area contributed by atoms with Gasteiger partial charge < -0.3 is 15.0 Å². The minimum absolute atomic E-state index is 0.117. The van der Waals surface area contributed by atoms with Crippen molar-refractivity contribution in [2.75, 3.05) is 13.1 Å². The van der Waals surface area contributed by atoms with Gasteiger partial charge in [0.25, 0.3) is 0 Å². The van der Waals surface area contributed by atoms with Gasteiger partial charge in [-0.3, -0.25) is 9.59 Å². The summed E-state index contributed by atoms with van der Waals surface area (Å²) in [7, 11) is 0. The second-order valence-electron chi connectivity index (χ2n) is 6.12. The second kappa shape index (κ2) is 8.47. The van der Waals surface area contributed by atoms with Crippen molar-refractivity contribution in [3.8, 4) is 0 Å². The maximum atomic E-state index is 12.6. The van der Waals surface area contributed by atoms with Gasteiger partial charge in [0.1, 0.15) is 18.4 Å². The van der Waals surface area contributed by atoms with Crippen LogP contribution in [-0.4, -0.2) is 41.8 Å². The predicted octanol–water partition coefficient (Wildman–Crippen LogP) is 2.13. The highest BCUT2D eigenvalue weighted by molar-refractivity contribution is 5.92. The number of carbonyl (C=O) groups is 3. The Bertz CT molecular complexity index is 582. The van der Waals surface area contributed by atoms with E-state index in [2.05, 4.69) is 5.32 Å². The van der Waals surface area contributed by atoms with Gasteiger partial charge in [0.05, 0.1) is 0 Å². The summed E-state index contributed by atoms with van der Waals surface area (Å²) in [6, 6.07) is 8.39. The molecule has 1 aliphatic heterocycles. The van der Waals surface area contributed by atoms with Gasteiger partial charge in [-0.05, 0) is 25.3 Å². The van der Waals surface area contributed by atoms with E-state index in [0.29, 0.717) is 13.1 Å². The van der Waals surface area contributed by atoms with Gasteiger partial charge in [0.15, 0.2) is 0 Å².